The average molecular weight is 673 g/mol. The van der Waals surface area contributed by atoms with E-state index in [-0.39, 0.29) is 5.82 Å². The molecular weight excluding hydrogens is 644 g/mol. The highest BCUT2D eigenvalue weighted by Crippen LogP contribution is 2.47. The number of imidazole rings is 1. The molecule has 240 valence electrons. The van der Waals surface area contributed by atoms with Crippen LogP contribution in [0.4, 0.5) is 4.39 Å². The van der Waals surface area contributed by atoms with Crippen molar-refractivity contribution in [2.45, 2.75) is 0 Å². The van der Waals surface area contributed by atoms with Crippen molar-refractivity contribution in [1.29, 1.82) is 0 Å². The van der Waals surface area contributed by atoms with Crippen LogP contribution in [0, 0.1) is 5.82 Å². The molecule has 0 N–H and O–H groups in total. The van der Waals surface area contributed by atoms with Gasteiger partial charge in [0, 0.05) is 36.9 Å². The first-order chi connectivity index (χ1) is 25.2. The molecule has 10 rings (SSSR count). The van der Waals surface area contributed by atoms with Gasteiger partial charge in [0.05, 0.1) is 16.7 Å². The first kappa shape index (κ1) is 29.5. The molecule has 0 aliphatic rings. The largest absolute Gasteiger partial charge is 0.291 e. The zero-order chi connectivity index (χ0) is 33.9. The number of benzene rings is 8. The van der Waals surface area contributed by atoms with Crippen LogP contribution >= 0.6 is 11.3 Å². The quantitative estimate of drug-likeness (QED) is 0.178. The summed E-state index contributed by atoms with van der Waals surface area (Å²) in [6, 6.07) is 60.6. The van der Waals surface area contributed by atoms with Crippen LogP contribution in [0.15, 0.2) is 176 Å². The van der Waals surface area contributed by atoms with Crippen molar-refractivity contribution in [2.75, 3.05) is 0 Å². The monoisotopic (exact) mass is 672 g/mol. The highest BCUT2D eigenvalue weighted by molar-refractivity contribution is 7.26. The maximum Gasteiger partial charge on any atom is 0.147 e. The Bertz CT molecular complexity index is 2850. The molecule has 0 aliphatic heterocycles. The molecule has 0 amide bonds. The molecule has 2 nitrogen and oxygen atoms in total. The lowest BCUT2D eigenvalue weighted by Gasteiger charge is -2.20. The fourth-order valence-electron chi connectivity index (χ4n) is 7.62. The second-order valence-electron chi connectivity index (χ2n) is 12.8. The first-order valence-electron chi connectivity index (χ1n) is 17.1. The molecule has 10 aromatic rings. The summed E-state index contributed by atoms with van der Waals surface area (Å²) in [6.45, 7) is 0. The van der Waals surface area contributed by atoms with Crippen molar-refractivity contribution < 1.29 is 4.39 Å². The Hall–Kier alpha value is -6.36. The molecule has 0 saturated carbocycles. The van der Waals surface area contributed by atoms with E-state index >= 15 is 0 Å². The molecule has 8 aromatic carbocycles. The van der Waals surface area contributed by atoms with Crippen LogP contribution in [0.2, 0.25) is 0 Å². The van der Waals surface area contributed by atoms with Gasteiger partial charge in [0.1, 0.15) is 11.6 Å². The molecule has 2 aromatic heterocycles. The molecule has 0 atom stereocenters. The van der Waals surface area contributed by atoms with Gasteiger partial charge in [0.15, 0.2) is 0 Å². The third-order valence-electron chi connectivity index (χ3n) is 9.89. The normalized spacial score (nSPS) is 11.6. The minimum absolute atomic E-state index is 0.234. The fraction of sp³-hybridized carbons (Fsp3) is 0. The van der Waals surface area contributed by atoms with Crippen LogP contribution in [0.3, 0.4) is 0 Å². The van der Waals surface area contributed by atoms with Gasteiger partial charge >= 0.3 is 0 Å². The number of rotatable bonds is 5. The summed E-state index contributed by atoms with van der Waals surface area (Å²) in [6.07, 6.45) is 0. The summed E-state index contributed by atoms with van der Waals surface area (Å²) >= 11 is 1.80. The van der Waals surface area contributed by atoms with E-state index < -0.39 is 0 Å². The Labute approximate surface area is 298 Å². The van der Waals surface area contributed by atoms with Gasteiger partial charge < -0.3 is 0 Å². The van der Waals surface area contributed by atoms with E-state index in [9.17, 15) is 4.39 Å². The number of nitrogens with zero attached hydrogens (tertiary/aromatic N) is 2. The maximum atomic E-state index is 14.0. The second kappa shape index (κ2) is 11.9. The molecule has 2 heterocycles. The molecule has 0 bridgehead atoms. The third kappa shape index (κ3) is 4.79. The maximum absolute atomic E-state index is 14.0. The van der Waals surface area contributed by atoms with E-state index in [1.165, 1.54) is 25.6 Å². The van der Waals surface area contributed by atoms with Crippen molar-refractivity contribution >= 4 is 53.3 Å². The van der Waals surface area contributed by atoms with Crippen LogP contribution in [0.5, 0.6) is 0 Å². The SMILES string of the molecule is Fc1ccc(-c2cc3sc4c(-c5nc6ccccc6n5-c5c(-c6ccccc6)cccc5-c5ccccc5)cccc4c3c3ccccc23)cc1. The number of hydrogen-bond acceptors (Lipinski definition) is 2. The highest BCUT2D eigenvalue weighted by atomic mass is 32.1. The van der Waals surface area contributed by atoms with Gasteiger partial charge in [-0.15, -0.1) is 11.3 Å². The van der Waals surface area contributed by atoms with E-state index in [0.717, 1.165) is 66.9 Å². The minimum Gasteiger partial charge on any atom is -0.291 e. The van der Waals surface area contributed by atoms with Crippen LogP contribution in [-0.2, 0) is 0 Å². The summed E-state index contributed by atoms with van der Waals surface area (Å²) in [7, 11) is 0. The van der Waals surface area contributed by atoms with Gasteiger partial charge in [-0.25, -0.2) is 9.37 Å². The molecule has 0 spiro atoms. The van der Waals surface area contributed by atoms with Crippen molar-refractivity contribution in [3.8, 4) is 50.5 Å². The van der Waals surface area contributed by atoms with Crippen LogP contribution < -0.4 is 0 Å². The topological polar surface area (TPSA) is 17.8 Å². The van der Waals surface area contributed by atoms with Gasteiger partial charge in [-0.1, -0.05) is 140 Å². The van der Waals surface area contributed by atoms with Gasteiger partial charge in [-0.2, -0.15) is 0 Å². The van der Waals surface area contributed by atoms with E-state index in [4.69, 9.17) is 4.98 Å². The van der Waals surface area contributed by atoms with E-state index in [2.05, 4.69) is 156 Å². The molecule has 0 saturated heterocycles. The summed E-state index contributed by atoms with van der Waals surface area (Å²) in [4.78, 5) is 5.42. The van der Waals surface area contributed by atoms with Gasteiger partial charge in [0.2, 0.25) is 0 Å². The number of halogens is 1. The number of hydrogen-bond donors (Lipinski definition) is 0. The van der Waals surface area contributed by atoms with Crippen LogP contribution in [0.1, 0.15) is 0 Å². The smallest absolute Gasteiger partial charge is 0.147 e. The molecule has 4 heteroatoms. The van der Waals surface area contributed by atoms with Crippen molar-refractivity contribution in [3.05, 3.63) is 182 Å². The lowest BCUT2D eigenvalue weighted by molar-refractivity contribution is 0.628. The minimum atomic E-state index is -0.234. The lowest BCUT2D eigenvalue weighted by Crippen LogP contribution is -2.03. The van der Waals surface area contributed by atoms with Crippen molar-refractivity contribution in [2.24, 2.45) is 0 Å². The number of aromatic nitrogens is 2. The Balaban J connectivity index is 1.30. The molecule has 0 fully saturated rings. The Kier molecular flexibility index (Phi) is 6.90. The van der Waals surface area contributed by atoms with E-state index in [0.29, 0.717) is 0 Å². The number of fused-ring (bicyclic) bond motifs is 6. The van der Waals surface area contributed by atoms with E-state index in [1.54, 1.807) is 23.5 Å². The standard InChI is InChI=1S/C47H29FN2S/c48-33-27-25-32(26-28-33)40-29-43-44(37-18-8-7-17-36(37)40)38-21-12-22-39(46(38)51-43)47-49-41-23-9-10-24-42(41)50(47)45-34(30-13-3-1-4-14-30)19-11-20-35(45)31-15-5-2-6-16-31/h1-29H. The first-order valence-corrected chi connectivity index (χ1v) is 17.9. The third-order valence-corrected chi connectivity index (χ3v) is 11.1. The molecular formula is C47H29FN2S. The summed E-state index contributed by atoms with van der Waals surface area (Å²) < 4.78 is 18.7. The van der Waals surface area contributed by atoms with Crippen molar-refractivity contribution in [1.82, 2.24) is 9.55 Å². The van der Waals surface area contributed by atoms with Crippen LogP contribution in [-0.4, -0.2) is 9.55 Å². The summed E-state index contributed by atoms with van der Waals surface area (Å²) in [5, 5.41) is 4.77. The number of thiophene rings is 1. The van der Waals surface area contributed by atoms with E-state index in [1.807, 2.05) is 12.1 Å². The molecule has 0 unspecified atom stereocenters. The van der Waals surface area contributed by atoms with Gasteiger partial charge in [0.25, 0.3) is 0 Å². The average Bonchev–Trinajstić information content (AvgIpc) is 3.77. The predicted octanol–water partition coefficient (Wildman–Crippen LogP) is 13.4. The fourth-order valence-corrected chi connectivity index (χ4v) is 8.89. The predicted molar refractivity (Wildman–Crippen MR) is 213 cm³/mol. The zero-order valence-corrected chi connectivity index (χ0v) is 28.2. The molecule has 0 aliphatic carbocycles. The zero-order valence-electron chi connectivity index (χ0n) is 27.4. The molecule has 51 heavy (non-hydrogen) atoms. The Morgan fingerprint density at radius 1 is 0.471 bits per heavy atom. The second-order valence-corrected chi connectivity index (χ2v) is 13.9. The summed E-state index contributed by atoms with van der Waals surface area (Å²) in [5.74, 6) is 0.666. The molecule has 0 radical (unpaired) electrons. The Morgan fingerprint density at radius 3 is 1.76 bits per heavy atom. The van der Waals surface area contributed by atoms with Gasteiger partial charge in [-0.05, 0) is 69.4 Å². The van der Waals surface area contributed by atoms with Crippen molar-refractivity contribution in [3.63, 3.8) is 0 Å². The number of para-hydroxylation sites is 3. The van der Waals surface area contributed by atoms with Crippen LogP contribution in [0.25, 0.3) is 92.4 Å². The summed E-state index contributed by atoms with van der Waals surface area (Å²) in [5.41, 5.74) is 10.8. The lowest BCUT2D eigenvalue weighted by atomic mass is 9.94. The Morgan fingerprint density at radius 2 is 1.04 bits per heavy atom. The van der Waals surface area contributed by atoms with Gasteiger partial charge in [-0.3, -0.25) is 4.57 Å². The highest BCUT2D eigenvalue weighted by Gasteiger charge is 2.24.